The molecule has 3 heteroatoms. The van der Waals surface area contributed by atoms with E-state index < -0.39 is 0 Å². The molecule has 1 aromatic heterocycles. The smallest absolute Gasteiger partial charge is 0.0762 e. The van der Waals surface area contributed by atoms with Crippen molar-refractivity contribution >= 4 is 0 Å². The van der Waals surface area contributed by atoms with Gasteiger partial charge < -0.3 is 5.32 Å². The summed E-state index contributed by atoms with van der Waals surface area (Å²) in [6, 6.07) is 3.26. The van der Waals surface area contributed by atoms with Crippen LogP contribution in [0.3, 0.4) is 0 Å². The molecule has 3 nitrogen and oxygen atoms in total. The van der Waals surface area contributed by atoms with Gasteiger partial charge >= 0.3 is 0 Å². The standard InChI is InChI=1S/C16H29N3/c1-4-16(14-8-6-5-7-9-14)17-12-15-10-11-19(18-15)13(2)3/h10-11,13-14,16-17H,4-9,12H2,1-3H3. The van der Waals surface area contributed by atoms with Gasteiger partial charge in [0.25, 0.3) is 0 Å². The quantitative estimate of drug-likeness (QED) is 0.843. The average molecular weight is 263 g/mol. The highest BCUT2D eigenvalue weighted by molar-refractivity contribution is 4.99. The van der Waals surface area contributed by atoms with Gasteiger partial charge in [-0.05, 0) is 45.1 Å². The molecular weight excluding hydrogens is 234 g/mol. The summed E-state index contributed by atoms with van der Waals surface area (Å²) in [4.78, 5) is 0. The van der Waals surface area contributed by atoms with Crippen LogP contribution < -0.4 is 5.32 Å². The normalized spacial score (nSPS) is 18.9. The summed E-state index contributed by atoms with van der Waals surface area (Å²) in [5.41, 5.74) is 1.17. The first kappa shape index (κ1) is 14.6. The second kappa shape index (κ2) is 7.09. The average Bonchev–Trinajstić information content (AvgIpc) is 2.90. The maximum atomic E-state index is 4.62. The Morgan fingerprint density at radius 3 is 2.63 bits per heavy atom. The molecule has 0 aliphatic heterocycles. The summed E-state index contributed by atoms with van der Waals surface area (Å²) >= 11 is 0. The Balaban J connectivity index is 1.84. The van der Waals surface area contributed by atoms with Crippen molar-refractivity contribution in [1.82, 2.24) is 15.1 Å². The van der Waals surface area contributed by atoms with Crippen molar-refractivity contribution in [3.8, 4) is 0 Å². The van der Waals surface area contributed by atoms with E-state index in [0.717, 1.165) is 12.5 Å². The fraction of sp³-hybridized carbons (Fsp3) is 0.812. The fourth-order valence-electron chi connectivity index (χ4n) is 3.18. The lowest BCUT2D eigenvalue weighted by atomic mass is 9.83. The van der Waals surface area contributed by atoms with Crippen LogP contribution in [0.4, 0.5) is 0 Å². The van der Waals surface area contributed by atoms with E-state index in [1.165, 1.54) is 44.2 Å². The molecule has 1 aromatic rings. The molecule has 1 fully saturated rings. The predicted octanol–water partition coefficient (Wildman–Crippen LogP) is 3.91. The summed E-state index contributed by atoms with van der Waals surface area (Å²) in [6.07, 6.45) is 10.4. The minimum atomic E-state index is 0.453. The Kier molecular flexibility index (Phi) is 5.44. The van der Waals surface area contributed by atoms with Crippen LogP contribution in [-0.4, -0.2) is 15.8 Å². The van der Waals surface area contributed by atoms with E-state index in [1.54, 1.807) is 0 Å². The molecular formula is C16H29N3. The zero-order valence-electron chi connectivity index (χ0n) is 12.7. The monoisotopic (exact) mass is 263 g/mol. The lowest BCUT2D eigenvalue weighted by Crippen LogP contribution is -2.36. The molecule has 1 heterocycles. The van der Waals surface area contributed by atoms with Gasteiger partial charge in [-0.2, -0.15) is 5.10 Å². The maximum absolute atomic E-state index is 4.62. The molecule has 1 unspecified atom stereocenters. The third-order valence-electron chi connectivity index (χ3n) is 4.40. The van der Waals surface area contributed by atoms with E-state index >= 15 is 0 Å². The number of rotatable bonds is 6. The molecule has 1 aliphatic rings. The van der Waals surface area contributed by atoms with E-state index in [9.17, 15) is 0 Å². The molecule has 0 aromatic carbocycles. The van der Waals surface area contributed by atoms with Crippen LogP contribution in [0.15, 0.2) is 12.3 Å². The predicted molar refractivity (Wildman–Crippen MR) is 80.1 cm³/mol. The number of aromatic nitrogens is 2. The fourth-order valence-corrected chi connectivity index (χ4v) is 3.18. The van der Waals surface area contributed by atoms with Crippen LogP contribution in [0.1, 0.15) is 71.0 Å². The molecule has 1 N–H and O–H groups in total. The Bertz CT molecular complexity index is 364. The van der Waals surface area contributed by atoms with E-state index in [-0.39, 0.29) is 0 Å². The van der Waals surface area contributed by atoms with Gasteiger partial charge in [0.1, 0.15) is 0 Å². The lowest BCUT2D eigenvalue weighted by Gasteiger charge is -2.30. The van der Waals surface area contributed by atoms with Crippen LogP contribution in [-0.2, 0) is 6.54 Å². The van der Waals surface area contributed by atoms with Crippen molar-refractivity contribution in [3.05, 3.63) is 18.0 Å². The molecule has 0 amide bonds. The molecule has 0 bridgehead atoms. The third-order valence-corrected chi connectivity index (χ3v) is 4.40. The molecule has 1 aliphatic carbocycles. The minimum absolute atomic E-state index is 0.453. The van der Waals surface area contributed by atoms with Gasteiger partial charge in [-0.3, -0.25) is 4.68 Å². The second-order valence-electron chi connectivity index (χ2n) is 6.17. The van der Waals surface area contributed by atoms with Crippen molar-refractivity contribution in [1.29, 1.82) is 0 Å². The van der Waals surface area contributed by atoms with Crippen LogP contribution in [0.25, 0.3) is 0 Å². The maximum Gasteiger partial charge on any atom is 0.0762 e. The number of nitrogens with one attached hydrogen (secondary N) is 1. The summed E-state index contributed by atoms with van der Waals surface area (Å²) in [6.45, 7) is 7.55. The van der Waals surface area contributed by atoms with E-state index in [4.69, 9.17) is 0 Å². The van der Waals surface area contributed by atoms with E-state index in [2.05, 4.69) is 43.4 Å². The molecule has 0 spiro atoms. The SMILES string of the molecule is CCC(NCc1ccn(C(C)C)n1)C1CCCCC1. The van der Waals surface area contributed by atoms with Crippen molar-refractivity contribution in [2.45, 2.75) is 77.9 Å². The van der Waals surface area contributed by atoms with Gasteiger partial charge in [-0.25, -0.2) is 0 Å². The summed E-state index contributed by atoms with van der Waals surface area (Å²) in [5, 5.41) is 8.35. The van der Waals surface area contributed by atoms with Gasteiger partial charge in [0.05, 0.1) is 5.69 Å². The Labute approximate surface area is 117 Å². The van der Waals surface area contributed by atoms with Crippen LogP contribution in [0.5, 0.6) is 0 Å². The minimum Gasteiger partial charge on any atom is -0.308 e. The summed E-state index contributed by atoms with van der Waals surface area (Å²) < 4.78 is 2.04. The number of hydrogen-bond acceptors (Lipinski definition) is 2. The largest absolute Gasteiger partial charge is 0.308 e. The van der Waals surface area contributed by atoms with Crippen molar-refractivity contribution in [2.24, 2.45) is 5.92 Å². The van der Waals surface area contributed by atoms with Crippen LogP contribution in [0.2, 0.25) is 0 Å². The van der Waals surface area contributed by atoms with Crippen LogP contribution >= 0.6 is 0 Å². The summed E-state index contributed by atoms with van der Waals surface area (Å²) in [5.74, 6) is 0.880. The highest BCUT2D eigenvalue weighted by Gasteiger charge is 2.21. The van der Waals surface area contributed by atoms with E-state index in [0.29, 0.717) is 12.1 Å². The molecule has 1 atom stereocenters. The van der Waals surface area contributed by atoms with Gasteiger partial charge in [0.15, 0.2) is 0 Å². The van der Waals surface area contributed by atoms with Crippen molar-refractivity contribution < 1.29 is 0 Å². The molecule has 19 heavy (non-hydrogen) atoms. The first-order valence-corrected chi connectivity index (χ1v) is 7.98. The Morgan fingerprint density at radius 1 is 1.32 bits per heavy atom. The van der Waals surface area contributed by atoms with Crippen LogP contribution in [0, 0.1) is 5.92 Å². The third kappa shape index (κ3) is 4.07. The second-order valence-corrected chi connectivity index (χ2v) is 6.17. The van der Waals surface area contributed by atoms with E-state index in [1.807, 2.05) is 4.68 Å². The molecule has 0 radical (unpaired) electrons. The Morgan fingerprint density at radius 2 is 2.05 bits per heavy atom. The van der Waals surface area contributed by atoms with Gasteiger partial charge in [0.2, 0.25) is 0 Å². The first-order valence-electron chi connectivity index (χ1n) is 7.98. The zero-order valence-corrected chi connectivity index (χ0v) is 12.7. The van der Waals surface area contributed by atoms with Gasteiger partial charge in [-0.15, -0.1) is 0 Å². The van der Waals surface area contributed by atoms with Gasteiger partial charge in [-0.1, -0.05) is 26.2 Å². The number of nitrogens with zero attached hydrogens (tertiary/aromatic N) is 2. The van der Waals surface area contributed by atoms with Gasteiger partial charge in [0, 0.05) is 24.8 Å². The topological polar surface area (TPSA) is 29.9 Å². The molecule has 0 saturated heterocycles. The highest BCUT2D eigenvalue weighted by atomic mass is 15.3. The number of hydrogen-bond donors (Lipinski definition) is 1. The molecule has 108 valence electrons. The molecule has 1 saturated carbocycles. The zero-order chi connectivity index (χ0) is 13.7. The lowest BCUT2D eigenvalue weighted by molar-refractivity contribution is 0.261. The van der Waals surface area contributed by atoms with Crippen molar-refractivity contribution in [3.63, 3.8) is 0 Å². The highest BCUT2D eigenvalue weighted by Crippen LogP contribution is 2.27. The summed E-state index contributed by atoms with van der Waals surface area (Å²) in [7, 11) is 0. The first-order chi connectivity index (χ1) is 9.20. The van der Waals surface area contributed by atoms with Crippen molar-refractivity contribution in [2.75, 3.05) is 0 Å². The molecule has 2 rings (SSSR count). The Hall–Kier alpha value is -0.830.